The van der Waals surface area contributed by atoms with Crippen LogP contribution in [0.4, 0.5) is 13.2 Å². The third-order valence-electron chi connectivity index (χ3n) is 6.30. The molecular formula is C30H35F3N2O4S. The highest BCUT2D eigenvalue weighted by Crippen LogP contribution is 2.39. The second kappa shape index (κ2) is 12.4. The zero-order chi connectivity index (χ0) is 29.8. The van der Waals surface area contributed by atoms with Crippen LogP contribution in [-0.2, 0) is 27.8 Å². The van der Waals surface area contributed by atoms with E-state index >= 15 is 0 Å². The molecular weight excluding hydrogens is 541 g/mol. The molecule has 0 aromatic heterocycles. The molecule has 0 aliphatic heterocycles. The van der Waals surface area contributed by atoms with Gasteiger partial charge in [-0.05, 0) is 71.9 Å². The molecule has 0 heterocycles. The number of para-hydroxylation sites is 1. The van der Waals surface area contributed by atoms with Gasteiger partial charge >= 0.3 is 6.36 Å². The lowest BCUT2D eigenvalue weighted by molar-refractivity contribution is -0.274. The Morgan fingerprint density at radius 2 is 1.48 bits per heavy atom. The predicted molar refractivity (Wildman–Crippen MR) is 150 cm³/mol. The van der Waals surface area contributed by atoms with Crippen LogP contribution >= 0.6 is 0 Å². The Morgan fingerprint density at radius 3 is 1.98 bits per heavy atom. The zero-order valence-electron chi connectivity index (χ0n) is 23.5. The van der Waals surface area contributed by atoms with Crippen molar-refractivity contribution < 1.29 is 31.1 Å². The molecule has 0 saturated heterocycles. The number of carbonyl (C=O) groups is 1. The Hall–Kier alpha value is -3.37. The maximum absolute atomic E-state index is 13.1. The normalized spacial score (nSPS) is 12.3. The Bertz CT molecular complexity index is 1420. The van der Waals surface area contributed by atoms with Crippen LogP contribution in [0.5, 0.6) is 5.75 Å². The van der Waals surface area contributed by atoms with Gasteiger partial charge in [0.25, 0.3) is 10.0 Å². The number of hydrogen-bond donors (Lipinski definition) is 1. The molecule has 0 fully saturated rings. The molecule has 1 N–H and O–H groups in total. The van der Waals surface area contributed by atoms with E-state index in [1.54, 1.807) is 36.4 Å². The van der Waals surface area contributed by atoms with Crippen LogP contribution in [0, 0.1) is 0 Å². The maximum Gasteiger partial charge on any atom is 0.573 e. The summed E-state index contributed by atoms with van der Waals surface area (Å²) in [5.74, 6) is -1.23. The maximum atomic E-state index is 13.1. The Labute approximate surface area is 234 Å². The van der Waals surface area contributed by atoms with Crippen LogP contribution in [-0.4, -0.2) is 39.7 Å². The molecule has 1 amide bonds. The summed E-state index contributed by atoms with van der Waals surface area (Å²) in [6, 6.07) is 15.7. The van der Waals surface area contributed by atoms with E-state index in [1.165, 1.54) is 24.3 Å². The third-order valence-corrected chi connectivity index (χ3v) is 7.69. The highest BCUT2D eigenvalue weighted by atomic mass is 32.2. The molecule has 40 heavy (non-hydrogen) atoms. The van der Waals surface area contributed by atoms with Crippen molar-refractivity contribution >= 4 is 15.9 Å². The second-order valence-electron chi connectivity index (χ2n) is 10.6. The zero-order valence-corrected chi connectivity index (χ0v) is 24.3. The number of nitrogens with zero attached hydrogens (tertiary/aromatic N) is 1. The SMILES string of the molecule is CC(C)c1cc(-c2ccccc2OC(F)(F)F)cc(C(C)C)c1CC(=O)NS(=O)(=O)c1ccc(CN(C)C)cc1. The fourth-order valence-electron chi connectivity index (χ4n) is 4.57. The molecule has 3 rings (SSSR count). The van der Waals surface area contributed by atoms with Crippen molar-refractivity contribution in [1.82, 2.24) is 9.62 Å². The van der Waals surface area contributed by atoms with Crippen LogP contribution in [0.2, 0.25) is 0 Å². The van der Waals surface area contributed by atoms with Gasteiger partial charge in [0, 0.05) is 12.1 Å². The number of hydrogen-bond acceptors (Lipinski definition) is 5. The second-order valence-corrected chi connectivity index (χ2v) is 12.3. The van der Waals surface area contributed by atoms with Gasteiger partial charge in [-0.15, -0.1) is 13.2 Å². The highest BCUT2D eigenvalue weighted by molar-refractivity contribution is 7.90. The molecule has 0 saturated carbocycles. The summed E-state index contributed by atoms with van der Waals surface area (Å²) >= 11 is 0. The first-order chi connectivity index (χ1) is 18.6. The number of alkyl halides is 3. The first-order valence-corrected chi connectivity index (χ1v) is 14.4. The molecule has 6 nitrogen and oxygen atoms in total. The summed E-state index contributed by atoms with van der Waals surface area (Å²) in [6.45, 7) is 8.29. The van der Waals surface area contributed by atoms with E-state index in [0.29, 0.717) is 17.7 Å². The van der Waals surface area contributed by atoms with Gasteiger partial charge in [-0.2, -0.15) is 0 Å². The molecule has 0 spiro atoms. The van der Waals surface area contributed by atoms with E-state index in [1.807, 2.05) is 46.7 Å². The van der Waals surface area contributed by atoms with Gasteiger partial charge in [0.05, 0.1) is 11.3 Å². The standard InChI is InChI=1S/C30H35F3N2O4S/c1-19(2)25-15-22(24-9-7-8-10-28(24)39-30(31,32)33)16-26(20(3)4)27(25)17-29(36)34-40(37,38)23-13-11-21(12-14-23)18-35(5)6/h7-16,19-20H,17-18H2,1-6H3,(H,34,36). The molecule has 0 aliphatic rings. The smallest absolute Gasteiger partial charge is 0.405 e. The molecule has 0 aliphatic carbocycles. The van der Waals surface area contributed by atoms with Gasteiger partial charge < -0.3 is 9.64 Å². The van der Waals surface area contributed by atoms with Crippen LogP contribution in [0.1, 0.15) is 61.8 Å². The van der Waals surface area contributed by atoms with Gasteiger partial charge in [0.2, 0.25) is 5.91 Å². The van der Waals surface area contributed by atoms with E-state index < -0.39 is 22.3 Å². The van der Waals surface area contributed by atoms with Crippen molar-refractivity contribution in [2.75, 3.05) is 14.1 Å². The summed E-state index contributed by atoms with van der Waals surface area (Å²) in [4.78, 5) is 15.0. The van der Waals surface area contributed by atoms with E-state index in [4.69, 9.17) is 0 Å². The van der Waals surface area contributed by atoms with Crippen molar-refractivity contribution in [1.29, 1.82) is 0 Å². The summed E-state index contributed by atoms with van der Waals surface area (Å²) < 4.78 is 71.5. The summed E-state index contributed by atoms with van der Waals surface area (Å²) in [7, 11) is -0.289. The highest BCUT2D eigenvalue weighted by Gasteiger charge is 2.32. The van der Waals surface area contributed by atoms with Crippen molar-refractivity contribution in [3.05, 3.63) is 82.9 Å². The van der Waals surface area contributed by atoms with E-state index in [2.05, 4.69) is 9.46 Å². The fourth-order valence-corrected chi connectivity index (χ4v) is 5.56. The van der Waals surface area contributed by atoms with Gasteiger partial charge in [-0.1, -0.05) is 70.2 Å². The average Bonchev–Trinajstić information content (AvgIpc) is 2.82. The summed E-state index contributed by atoms with van der Waals surface area (Å²) in [6.07, 6.45) is -5.06. The molecule has 0 radical (unpaired) electrons. The lowest BCUT2D eigenvalue weighted by atomic mass is 9.84. The molecule has 3 aromatic carbocycles. The molecule has 0 atom stereocenters. The van der Waals surface area contributed by atoms with Crippen LogP contribution in [0.15, 0.2) is 65.6 Å². The molecule has 10 heteroatoms. The number of amides is 1. The minimum Gasteiger partial charge on any atom is -0.405 e. The van der Waals surface area contributed by atoms with Gasteiger partial charge in [-0.25, -0.2) is 13.1 Å². The number of rotatable bonds is 10. The number of ether oxygens (including phenoxy) is 1. The lowest BCUT2D eigenvalue weighted by Crippen LogP contribution is -2.32. The topological polar surface area (TPSA) is 75.7 Å². The Balaban J connectivity index is 1.97. The number of sulfonamides is 1. The molecule has 3 aromatic rings. The largest absolute Gasteiger partial charge is 0.573 e. The summed E-state index contributed by atoms with van der Waals surface area (Å²) in [5, 5.41) is 0. The Morgan fingerprint density at radius 1 is 0.925 bits per heavy atom. The van der Waals surface area contributed by atoms with Crippen LogP contribution in [0.3, 0.4) is 0 Å². The number of carbonyl (C=O) groups excluding carboxylic acids is 1. The van der Waals surface area contributed by atoms with Gasteiger partial charge in [-0.3, -0.25) is 4.79 Å². The Kier molecular flexibility index (Phi) is 9.68. The quantitative estimate of drug-likeness (QED) is 0.294. The van der Waals surface area contributed by atoms with E-state index in [0.717, 1.165) is 16.7 Å². The van der Waals surface area contributed by atoms with Crippen molar-refractivity contribution in [2.24, 2.45) is 0 Å². The summed E-state index contributed by atoms with van der Waals surface area (Å²) in [5.41, 5.74) is 3.84. The first kappa shape index (κ1) is 31.2. The van der Waals surface area contributed by atoms with Crippen LogP contribution < -0.4 is 9.46 Å². The van der Waals surface area contributed by atoms with Gasteiger partial charge in [0.1, 0.15) is 5.75 Å². The third kappa shape index (κ3) is 8.08. The monoisotopic (exact) mass is 576 g/mol. The molecule has 216 valence electrons. The van der Waals surface area contributed by atoms with E-state index in [-0.39, 0.29) is 34.5 Å². The van der Waals surface area contributed by atoms with E-state index in [9.17, 15) is 26.4 Å². The average molecular weight is 577 g/mol. The van der Waals surface area contributed by atoms with Gasteiger partial charge in [0.15, 0.2) is 0 Å². The lowest BCUT2D eigenvalue weighted by Gasteiger charge is -2.22. The van der Waals surface area contributed by atoms with Crippen LogP contribution in [0.25, 0.3) is 11.1 Å². The van der Waals surface area contributed by atoms with Crippen molar-refractivity contribution in [2.45, 2.75) is 63.8 Å². The minimum atomic E-state index is -4.85. The number of benzene rings is 3. The first-order valence-electron chi connectivity index (χ1n) is 12.9. The van der Waals surface area contributed by atoms with Crippen molar-refractivity contribution in [3.8, 4) is 16.9 Å². The van der Waals surface area contributed by atoms with Crippen molar-refractivity contribution in [3.63, 3.8) is 0 Å². The molecule has 0 bridgehead atoms. The predicted octanol–water partition coefficient (Wildman–Crippen LogP) is 6.61. The molecule has 0 unspecified atom stereocenters. The minimum absolute atomic E-state index is 0.0202. The number of halogens is 3. The fraction of sp³-hybridized carbons (Fsp3) is 0.367. The number of nitrogens with one attached hydrogen (secondary N) is 1.